The van der Waals surface area contributed by atoms with Gasteiger partial charge in [-0.15, -0.1) is 0 Å². The number of amides is 2. The van der Waals surface area contributed by atoms with Gasteiger partial charge in [0, 0.05) is 11.8 Å². The first-order chi connectivity index (χ1) is 8.49. The second-order valence-corrected chi connectivity index (χ2v) is 6.20. The molecule has 3 N–H and O–H groups in total. The summed E-state index contributed by atoms with van der Waals surface area (Å²) < 4.78 is 0. The average Bonchev–Trinajstić information content (AvgIpc) is 2.28. The van der Waals surface area contributed by atoms with Crippen molar-refractivity contribution in [2.24, 2.45) is 5.92 Å². The number of hydrogen-bond donors (Lipinski definition) is 3. The fourth-order valence-electron chi connectivity index (χ4n) is 1.93. The summed E-state index contributed by atoms with van der Waals surface area (Å²) >= 11 is 1.82. The van der Waals surface area contributed by atoms with E-state index in [4.69, 9.17) is 5.11 Å². The summed E-state index contributed by atoms with van der Waals surface area (Å²) in [5.41, 5.74) is 0. The summed E-state index contributed by atoms with van der Waals surface area (Å²) in [4.78, 5) is 22.7. The Bertz CT molecular complexity index is 291. The lowest BCUT2D eigenvalue weighted by molar-refractivity contribution is -0.139. The molecular formula is C12H22N2O3S. The normalized spacial score (nSPS) is 21.4. The van der Waals surface area contributed by atoms with E-state index in [1.54, 1.807) is 0 Å². The van der Waals surface area contributed by atoms with E-state index in [1.807, 2.05) is 25.6 Å². The molecule has 1 saturated heterocycles. The molecule has 0 radical (unpaired) electrons. The van der Waals surface area contributed by atoms with Crippen LogP contribution in [0.4, 0.5) is 4.79 Å². The Morgan fingerprint density at radius 2 is 2.17 bits per heavy atom. The van der Waals surface area contributed by atoms with E-state index in [1.165, 1.54) is 0 Å². The van der Waals surface area contributed by atoms with Crippen molar-refractivity contribution in [3.8, 4) is 0 Å². The molecular weight excluding hydrogens is 252 g/mol. The van der Waals surface area contributed by atoms with Gasteiger partial charge in [-0.05, 0) is 30.9 Å². The van der Waals surface area contributed by atoms with Crippen LogP contribution in [0, 0.1) is 5.92 Å². The molecule has 1 heterocycles. The lowest BCUT2D eigenvalue weighted by atomic mass is 10.0. The Kier molecular flexibility index (Phi) is 6.32. The minimum atomic E-state index is -0.975. The van der Waals surface area contributed by atoms with E-state index >= 15 is 0 Å². The van der Waals surface area contributed by atoms with Gasteiger partial charge >= 0.3 is 12.0 Å². The molecule has 1 rings (SSSR count). The summed E-state index contributed by atoms with van der Waals surface area (Å²) in [6.45, 7) is 3.88. The van der Waals surface area contributed by atoms with Crippen LogP contribution in [0.1, 0.15) is 33.1 Å². The van der Waals surface area contributed by atoms with Crippen LogP contribution >= 0.6 is 11.8 Å². The van der Waals surface area contributed by atoms with Crippen LogP contribution in [-0.4, -0.2) is 40.7 Å². The summed E-state index contributed by atoms with van der Waals surface area (Å²) in [5.74, 6) is 1.31. The number of carboxylic acids is 1. The van der Waals surface area contributed by atoms with Gasteiger partial charge in [-0.1, -0.05) is 13.8 Å². The monoisotopic (exact) mass is 274 g/mol. The van der Waals surface area contributed by atoms with E-state index in [9.17, 15) is 9.59 Å². The Labute approximate surface area is 112 Å². The van der Waals surface area contributed by atoms with Crippen LogP contribution in [-0.2, 0) is 4.79 Å². The molecule has 0 aliphatic carbocycles. The number of carbonyl (C=O) groups excluding carboxylic acids is 1. The molecule has 1 aliphatic rings. The largest absolute Gasteiger partial charge is 0.480 e. The first-order valence-electron chi connectivity index (χ1n) is 6.36. The average molecular weight is 274 g/mol. The van der Waals surface area contributed by atoms with Crippen LogP contribution in [0.3, 0.4) is 0 Å². The van der Waals surface area contributed by atoms with E-state index in [0.717, 1.165) is 24.3 Å². The number of aliphatic carboxylic acids is 1. The van der Waals surface area contributed by atoms with Crippen LogP contribution in [0.5, 0.6) is 0 Å². The molecule has 6 heteroatoms. The van der Waals surface area contributed by atoms with Crippen molar-refractivity contribution in [2.75, 3.05) is 11.5 Å². The molecule has 18 heavy (non-hydrogen) atoms. The van der Waals surface area contributed by atoms with Gasteiger partial charge in [0.2, 0.25) is 0 Å². The third-order valence-electron chi connectivity index (χ3n) is 2.81. The quantitative estimate of drug-likeness (QED) is 0.713. The van der Waals surface area contributed by atoms with Gasteiger partial charge in [0.05, 0.1) is 0 Å². The number of thioether (sulfide) groups is 1. The molecule has 0 aromatic rings. The highest BCUT2D eigenvalue weighted by molar-refractivity contribution is 7.99. The molecule has 104 valence electrons. The van der Waals surface area contributed by atoms with Crippen molar-refractivity contribution in [1.29, 1.82) is 0 Å². The number of hydrogen-bond acceptors (Lipinski definition) is 3. The van der Waals surface area contributed by atoms with E-state index in [2.05, 4.69) is 10.6 Å². The molecule has 0 saturated carbocycles. The SMILES string of the molecule is CC(C)C[C@H](NC(=O)NC1CCCSC1)C(=O)O. The second-order valence-electron chi connectivity index (χ2n) is 5.05. The number of rotatable bonds is 5. The Morgan fingerprint density at radius 3 is 2.67 bits per heavy atom. The van der Waals surface area contributed by atoms with Gasteiger partial charge in [0.1, 0.15) is 6.04 Å². The molecule has 0 bridgehead atoms. The maximum absolute atomic E-state index is 11.7. The Hall–Kier alpha value is -0.910. The second kappa shape index (κ2) is 7.51. The van der Waals surface area contributed by atoms with Crippen LogP contribution in [0.2, 0.25) is 0 Å². The smallest absolute Gasteiger partial charge is 0.326 e. The van der Waals surface area contributed by atoms with Crippen molar-refractivity contribution in [2.45, 2.75) is 45.2 Å². The molecule has 0 aromatic heterocycles. The van der Waals surface area contributed by atoms with Gasteiger partial charge in [-0.2, -0.15) is 11.8 Å². The highest BCUT2D eigenvalue weighted by Gasteiger charge is 2.23. The van der Waals surface area contributed by atoms with Crippen molar-refractivity contribution >= 4 is 23.8 Å². The van der Waals surface area contributed by atoms with E-state index in [0.29, 0.717) is 6.42 Å². The molecule has 1 unspecified atom stereocenters. The Morgan fingerprint density at radius 1 is 1.44 bits per heavy atom. The molecule has 5 nitrogen and oxygen atoms in total. The number of urea groups is 1. The Balaban J connectivity index is 2.37. The maximum atomic E-state index is 11.7. The van der Waals surface area contributed by atoms with Gasteiger partial charge in [-0.3, -0.25) is 0 Å². The standard InChI is InChI=1S/C12H22N2O3S/c1-8(2)6-10(11(15)16)14-12(17)13-9-4-3-5-18-7-9/h8-10H,3-7H2,1-2H3,(H,15,16)(H2,13,14,17)/t9?,10-/m0/s1. The van der Waals surface area contributed by atoms with E-state index < -0.39 is 12.0 Å². The highest BCUT2D eigenvalue weighted by atomic mass is 32.2. The van der Waals surface area contributed by atoms with Crippen molar-refractivity contribution in [3.05, 3.63) is 0 Å². The first-order valence-corrected chi connectivity index (χ1v) is 7.52. The summed E-state index contributed by atoms with van der Waals surface area (Å²) in [5, 5.41) is 14.4. The summed E-state index contributed by atoms with van der Waals surface area (Å²) in [6.07, 6.45) is 2.52. The van der Waals surface area contributed by atoms with Gasteiger partial charge < -0.3 is 15.7 Å². The van der Waals surface area contributed by atoms with Gasteiger partial charge in [-0.25, -0.2) is 9.59 Å². The van der Waals surface area contributed by atoms with Crippen LogP contribution in [0.15, 0.2) is 0 Å². The predicted molar refractivity (Wildman–Crippen MR) is 72.9 cm³/mol. The lowest BCUT2D eigenvalue weighted by Gasteiger charge is -2.24. The first kappa shape index (κ1) is 15.1. The zero-order valence-corrected chi connectivity index (χ0v) is 11.8. The summed E-state index contributed by atoms with van der Waals surface area (Å²) in [6, 6.07) is -1.01. The third-order valence-corrected chi connectivity index (χ3v) is 4.02. The molecule has 0 spiro atoms. The van der Waals surface area contributed by atoms with Gasteiger partial charge in [0.25, 0.3) is 0 Å². The fourth-order valence-corrected chi connectivity index (χ4v) is 3.00. The number of carbonyl (C=O) groups is 2. The maximum Gasteiger partial charge on any atom is 0.326 e. The fraction of sp³-hybridized carbons (Fsp3) is 0.833. The molecule has 2 atom stereocenters. The van der Waals surface area contributed by atoms with Crippen molar-refractivity contribution < 1.29 is 14.7 Å². The van der Waals surface area contributed by atoms with Crippen LogP contribution in [0.25, 0.3) is 0 Å². The topological polar surface area (TPSA) is 78.4 Å². The third kappa shape index (κ3) is 5.62. The van der Waals surface area contributed by atoms with Crippen molar-refractivity contribution in [1.82, 2.24) is 10.6 Å². The van der Waals surface area contributed by atoms with Gasteiger partial charge in [0.15, 0.2) is 0 Å². The molecule has 2 amide bonds. The van der Waals surface area contributed by atoms with E-state index in [-0.39, 0.29) is 18.0 Å². The minimum Gasteiger partial charge on any atom is -0.480 e. The molecule has 1 fully saturated rings. The minimum absolute atomic E-state index is 0.164. The highest BCUT2D eigenvalue weighted by Crippen LogP contribution is 2.16. The number of nitrogens with one attached hydrogen (secondary N) is 2. The zero-order valence-electron chi connectivity index (χ0n) is 10.9. The lowest BCUT2D eigenvalue weighted by Crippen LogP contribution is -2.50. The zero-order chi connectivity index (χ0) is 13.5. The molecule has 0 aromatic carbocycles. The van der Waals surface area contributed by atoms with Crippen LogP contribution < -0.4 is 10.6 Å². The molecule has 1 aliphatic heterocycles. The summed E-state index contributed by atoms with van der Waals surface area (Å²) in [7, 11) is 0. The van der Waals surface area contributed by atoms with Crippen molar-refractivity contribution in [3.63, 3.8) is 0 Å². The predicted octanol–water partition coefficient (Wildman–Crippen LogP) is 1.68. The number of carboxylic acid groups (broad SMARTS) is 1.